The first-order chi connectivity index (χ1) is 12.0. The highest BCUT2D eigenvalue weighted by Gasteiger charge is 2.40. The molecule has 0 heterocycles. The van der Waals surface area contributed by atoms with E-state index in [4.69, 9.17) is 9.47 Å². The summed E-state index contributed by atoms with van der Waals surface area (Å²) >= 11 is 0. The van der Waals surface area contributed by atoms with Gasteiger partial charge < -0.3 is 14.8 Å². The lowest BCUT2D eigenvalue weighted by molar-refractivity contribution is -0.148. The van der Waals surface area contributed by atoms with Crippen LogP contribution in [0, 0.1) is 18.8 Å². The van der Waals surface area contributed by atoms with E-state index in [-0.39, 0.29) is 24.4 Å². The van der Waals surface area contributed by atoms with Gasteiger partial charge in [0.2, 0.25) is 0 Å². The Hall–Kier alpha value is -2.82. The molecule has 0 spiro atoms. The van der Waals surface area contributed by atoms with Gasteiger partial charge in [-0.1, -0.05) is 24.6 Å². The van der Waals surface area contributed by atoms with Crippen LogP contribution in [-0.4, -0.2) is 18.5 Å². The van der Waals surface area contributed by atoms with Gasteiger partial charge in [-0.25, -0.2) is 0 Å². The van der Waals surface area contributed by atoms with E-state index in [2.05, 4.69) is 5.32 Å². The lowest BCUT2D eigenvalue weighted by Crippen LogP contribution is -2.21. The first-order valence-electron chi connectivity index (χ1n) is 8.32. The molecular formula is C20H21NO4. The fourth-order valence-corrected chi connectivity index (χ4v) is 2.44. The van der Waals surface area contributed by atoms with Crippen LogP contribution in [0.3, 0.4) is 0 Å². The topological polar surface area (TPSA) is 64.6 Å². The minimum absolute atomic E-state index is 0.0361. The molecule has 0 aromatic heterocycles. The third-order valence-electron chi connectivity index (χ3n) is 4.15. The van der Waals surface area contributed by atoms with Crippen LogP contribution in [0.4, 0.5) is 5.69 Å². The molecule has 3 rings (SSSR count). The van der Waals surface area contributed by atoms with Gasteiger partial charge in [0.1, 0.15) is 11.5 Å². The number of nitrogens with one attached hydrogen (secondary N) is 1. The van der Waals surface area contributed by atoms with E-state index < -0.39 is 0 Å². The molecule has 0 bridgehead atoms. The molecule has 0 unspecified atom stereocenters. The van der Waals surface area contributed by atoms with Crippen LogP contribution in [0.1, 0.15) is 18.9 Å². The largest absolute Gasteiger partial charge is 0.457 e. The van der Waals surface area contributed by atoms with Crippen molar-refractivity contribution in [2.45, 2.75) is 20.3 Å². The quantitative estimate of drug-likeness (QED) is 0.810. The zero-order valence-corrected chi connectivity index (χ0v) is 14.3. The molecule has 5 heteroatoms. The summed E-state index contributed by atoms with van der Waals surface area (Å²) in [6.07, 6.45) is 0.850. The summed E-state index contributed by atoms with van der Waals surface area (Å²) in [6, 6.07) is 14.8. The van der Waals surface area contributed by atoms with Crippen molar-refractivity contribution in [1.29, 1.82) is 0 Å². The van der Waals surface area contributed by atoms with E-state index in [1.54, 1.807) is 24.3 Å². The van der Waals surface area contributed by atoms with Crippen molar-refractivity contribution >= 4 is 17.6 Å². The molecule has 130 valence electrons. The normalized spacial score (nSPS) is 18.3. The van der Waals surface area contributed by atoms with Gasteiger partial charge in [0.15, 0.2) is 6.61 Å². The second-order valence-corrected chi connectivity index (χ2v) is 6.41. The molecule has 2 aromatic carbocycles. The summed E-state index contributed by atoms with van der Waals surface area (Å²) in [5.41, 5.74) is 1.79. The van der Waals surface area contributed by atoms with Crippen molar-refractivity contribution in [3.05, 3.63) is 54.1 Å². The highest BCUT2D eigenvalue weighted by atomic mass is 16.5. The average molecular weight is 339 g/mol. The lowest BCUT2D eigenvalue weighted by Gasteiger charge is -2.09. The number of hydrogen-bond donors (Lipinski definition) is 1. The Morgan fingerprint density at radius 3 is 2.16 bits per heavy atom. The highest BCUT2D eigenvalue weighted by molar-refractivity contribution is 5.93. The number of benzene rings is 2. The Bertz CT molecular complexity index is 752. The SMILES string of the molecule is Cc1ccc(Oc2ccc(NC(=O)COC(=O)[C@@H]3C[C@@H]3C)cc2)cc1. The lowest BCUT2D eigenvalue weighted by atomic mass is 10.2. The van der Waals surface area contributed by atoms with E-state index in [1.165, 1.54) is 5.56 Å². The Kier molecular flexibility index (Phi) is 5.03. The van der Waals surface area contributed by atoms with Gasteiger partial charge in [-0.05, 0) is 55.7 Å². The third-order valence-corrected chi connectivity index (χ3v) is 4.15. The minimum atomic E-state index is -0.353. The number of hydrogen-bond acceptors (Lipinski definition) is 4. The van der Waals surface area contributed by atoms with Crippen LogP contribution in [0.2, 0.25) is 0 Å². The molecule has 1 amide bonds. The van der Waals surface area contributed by atoms with Gasteiger partial charge >= 0.3 is 5.97 Å². The summed E-state index contributed by atoms with van der Waals surface area (Å²) in [7, 11) is 0. The van der Waals surface area contributed by atoms with E-state index >= 15 is 0 Å². The van der Waals surface area contributed by atoms with E-state index in [9.17, 15) is 9.59 Å². The zero-order valence-electron chi connectivity index (χ0n) is 14.3. The molecule has 25 heavy (non-hydrogen) atoms. The number of ether oxygens (including phenoxy) is 2. The predicted octanol–water partition coefficient (Wildman–Crippen LogP) is 3.93. The van der Waals surface area contributed by atoms with Gasteiger partial charge in [0, 0.05) is 5.69 Å². The molecule has 1 aliphatic rings. The van der Waals surface area contributed by atoms with Gasteiger partial charge in [-0.2, -0.15) is 0 Å². The van der Waals surface area contributed by atoms with Crippen molar-refractivity contribution in [2.75, 3.05) is 11.9 Å². The van der Waals surface area contributed by atoms with Crippen LogP contribution in [0.15, 0.2) is 48.5 Å². The van der Waals surface area contributed by atoms with Gasteiger partial charge in [-0.15, -0.1) is 0 Å². The Balaban J connectivity index is 1.47. The Labute approximate surface area is 147 Å². The molecule has 1 aliphatic carbocycles. The van der Waals surface area contributed by atoms with Crippen molar-refractivity contribution < 1.29 is 19.1 Å². The van der Waals surface area contributed by atoms with Gasteiger partial charge in [0.05, 0.1) is 5.92 Å². The van der Waals surface area contributed by atoms with Crippen molar-refractivity contribution in [3.63, 3.8) is 0 Å². The monoisotopic (exact) mass is 339 g/mol. The molecule has 0 aliphatic heterocycles. The van der Waals surface area contributed by atoms with E-state index in [0.717, 1.165) is 12.2 Å². The van der Waals surface area contributed by atoms with E-state index in [1.807, 2.05) is 38.1 Å². The first-order valence-corrected chi connectivity index (χ1v) is 8.32. The van der Waals surface area contributed by atoms with Crippen LogP contribution in [-0.2, 0) is 14.3 Å². The smallest absolute Gasteiger partial charge is 0.309 e. The number of rotatable bonds is 6. The Morgan fingerprint density at radius 2 is 1.60 bits per heavy atom. The third kappa shape index (κ3) is 4.83. The van der Waals surface area contributed by atoms with Crippen molar-refractivity contribution in [3.8, 4) is 11.5 Å². The van der Waals surface area contributed by atoms with Gasteiger partial charge in [0.25, 0.3) is 5.91 Å². The van der Waals surface area contributed by atoms with Crippen LogP contribution in [0.25, 0.3) is 0 Å². The van der Waals surface area contributed by atoms with Crippen molar-refractivity contribution in [1.82, 2.24) is 0 Å². The summed E-state index contributed by atoms with van der Waals surface area (Å²) in [4.78, 5) is 23.4. The number of aryl methyl sites for hydroxylation is 1. The molecular weight excluding hydrogens is 318 g/mol. The molecule has 2 atom stereocenters. The van der Waals surface area contributed by atoms with Crippen LogP contribution >= 0.6 is 0 Å². The molecule has 0 radical (unpaired) electrons. The standard InChI is InChI=1S/C20H21NO4/c1-13-3-7-16(8-4-13)25-17-9-5-15(6-10-17)21-19(22)12-24-20(23)18-11-14(18)2/h3-10,14,18H,11-12H2,1-2H3,(H,21,22)/t14-,18+/m0/s1. The molecule has 1 saturated carbocycles. The maximum absolute atomic E-state index is 11.8. The summed E-state index contributed by atoms with van der Waals surface area (Å²) < 4.78 is 10.7. The average Bonchev–Trinajstić information content (AvgIpc) is 3.33. The first kappa shape index (κ1) is 17.0. The number of carbonyl (C=O) groups is 2. The zero-order chi connectivity index (χ0) is 17.8. The molecule has 2 aromatic rings. The number of amides is 1. The summed E-state index contributed by atoms with van der Waals surface area (Å²) in [5.74, 6) is 1.13. The van der Waals surface area contributed by atoms with Crippen LogP contribution in [0.5, 0.6) is 11.5 Å². The molecule has 5 nitrogen and oxygen atoms in total. The summed E-state index contributed by atoms with van der Waals surface area (Å²) in [6.45, 7) is 3.75. The maximum atomic E-state index is 11.8. The van der Waals surface area contributed by atoms with Crippen LogP contribution < -0.4 is 10.1 Å². The molecule has 1 N–H and O–H groups in total. The second-order valence-electron chi connectivity index (χ2n) is 6.41. The number of esters is 1. The summed E-state index contributed by atoms with van der Waals surface area (Å²) in [5, 5.41) is 2.69. The minimum Gasteiger partial charge on any atom is -0.457 e. The number of carbonyl (C=O) groups excluding carboxylic acids is 2. The van der Waals surface area contributed by atoms with Crippen molar-refractivity contribution in [2.24, 2.45) is 11.8 Å². The molecule has 1 fully saturated rings. The predicted molar refractivity (Wildman–Crippen MR) is 94.6 cm³/mol. The number of anilines is 1. The van der Waals surface area contributed by atoms with E-state index in [0.29, 0.717) is 17.4 Å². The fourth-order valence-electron chi connectivity index (χ4n) is 2.44. The highest BCUT2D eigenvalue weighted by Crippen LogP contribution is 2.38. The fraction of sp³-hybridized carbons (Fsp3) is 0.300. The second kappa shape index (κ2) is 7.38. The van der Waals surface area contributed by atoms with Gasteiger partial charge in [-0.3, -0.25) is 9.59 Å². The maximum Gasteiger partial charge on any atom is 0.309 e. The Morgan fingerprint density at radius 1 is 1.04 bits per heavy atom. The molecule has 0 saturated heterocycles.